The van der Waals surface area contributed by atoms with Crippen LogP contribution in [0.5, 0.6) is 0 Å². The zero-order chi connectivity index (χ0) is 47.8. The first-order chi connectivity index (χ1) is 31.4. The second kappa shape index (κ2) is 27.9. The third kappa shape index (κ3) is 16.7. The molecule has 0 radical (unpaired) electrons. The number of anilines is 4. The van der Waals surface area contributed by atoms with Crippen molar-refractivity contribution in [1.29, 1.82) is 0 Å². The van der Waals surface area contributed by atoms with E-state index >= 15 is 0 Å². The molecule has 348 valence electrons. The first-order valence-corrected chi connectivity index (χ1v) is 23.4. The number of hydrogen-bond acceptors (Lipinski definition) is 10. The molecule has 65 heavy (non-hydrogen) atoms. The van der Waals surface area contributed by atoms with Gasteiger partial charge in [0.25, 0.3) is 0 Å². The van der Waals surface area contributed by atoms with Crippen LogP contribution >= 0.6 is 0 Å². The maximum Gasteiger partial charge on any atom is 0.150 e. The van der Waals surface area contributed by atoms with Crippen molar-refractivity contribution in [2.24, 2.45) is 10.4 Å². The van der Waals surface area contributed by atoms with Crippen molar-refractivity contribution in [3.63, 3.8) is 0 Å². The minimum Gasteiger partial charge on any atom is -0.379 e. The quantitative estimate of drug-likeness (QED) is 0.0455. The van der Waals surface area contributed by atoms with E-state index in [1.165, 1.54) is 17.5 Å². The summed E-state index contributed by atoms with van der Waals surface area (Å²) in [7, 11) is 0. The molecule has 0 atom stereocenters. The molecular weight excluding hydrogens is 801 g/mol. The molecule has 3 heterocycles. The molecule has 0 amide bonds. The van der Waals surface area contributed by atoms with Gasteiger partial charge in [-0.25, -0.2) is 15.0 Å². The van der Waals surface area contributed by atoms with Gasteiger partial charge in [0.2, 0.25) is 0 Å². The van der Waals surface area contributed by atoms with Crippen LogP contribution in [0.4, 0.5) is 23.0 Å². The molecule has 10 nitrogen and oxygen atoms in total. The van der Waals surface area contributed by atoms with Crippen LogP contribution in [0.1, 0.15) is 91.8 Å². The fourth-order valence-corrected chi connectivity index (χ4v) is 6.85. The summed E-state index contributed by atoms with van der Waals surface area (Å²) in [6.07, 6.45) is 12.4. The second-order valence-corrected chi connectivity index (χ2v) is 16.6. The van der Waals surface area contributed by atoms with Crippen LogP contribution in [0.2, 0.25) is 0 Å². The Hall–Kier alpha value is -6.22. The van der Waals surface area contributed by atoms with Gasteiger partial charge in [-0.3, -0.25) is 9.89 Å². The molecule has 2 aromatic heterocycles. The molecule has 4 aromatic rings. The number of aryl methyl sites for hydroxylation is 1. The molecule has 5 rings (SSSR count). The molecule has 10 heteroatoms. The molecule has 0 spiro atoms. The first kappa shape index (κ1) is 53.1. The van der Waals surface area contributed by atoms with E-state index in [1.807, 2.05) is 51.3 Å². The van der Waals surface area contributed by atoms with Gasteiger partial charge in [-0.05, 0) is 86.7 Å². The molecule has 0 unspecified atom stereocenters. The van der Waals surface area contributed by atoms with Crippen LogP contribution in [0.3, 0.4) is 0 Å². The van der Waals surface area contributed by atoms with Crippen LogP contribution in [0.15, 0.2) is 146 Å². The summed E-state index contributed by atoms with van der Waals surface area (Å²) in [6.45, 7) is 44.0. The van der Waals surface area contributed by atoms with Gasteiger partial charge in [-0.1, -0.05) is 117 Å². The van der Waals surface area contributed by atoms with Crippen molar-refractivity contribution in [1.82, 2.24) is 30.5 Å². The maximum absolute atomic E-state index is 4.76. The Morgan fingerprint density at radius 2 is 1.62 bits per heavy atom. The Morgan fingerprint density at radius 3 is 2.18 bits per heavy atom. The average molecular weight is 879 g/mol. The first-order valence-electron chi connectivity index (χ1n) is 23.4. The summed E-state index contributed by atoms with van der Waals surface area (Å²) in [5, 5.41) is 10.3. The number of nitrogens with one attached hydrogen (secondary N) is 3. The molecular formula is C55H78N10. The highest BCUT2D eigenvalue weighted by atomic mass is 15.3. The third-order valence-corrected chi connectivity index (χ3v) is 10.7. The Kier molecular flexibility index (Phi) is 22.8. The van der Waals surface area contributed by atoms with Crippen molar-refractivity contribution < 1.29 is 0 Å². The minimum atomic E-state index is -0.123. The van der Waals surface area contributed by atoms with E-state index < -0.39 is 0 Å². The number of hydrogen-bond donors (Lipinski definition) is 3. The van der Waals surface area contributed by atoms with Gasteiger partial charge in [0.1, 0.15) is 18.0 Å². The average Bonchev–Trinajstić information content (AvgIpc) is 3.32. The Labute approximate surface area is 392 Å². The number of allylic oxidation sites excluding steroid dienone is 3. The van der Waals surface area contributed by atoms with Crippen molar-refractivity contribution >= 4 is 28.7 Å². The van der Waals surface area contributed by atoms with E-state index in [0.29, 0.717) is 12.4 Å². The van der Waals surface area contributed by atoms with Crippen LogP contribution in [-0.4, -0.2) is 71.4 Å². The number of nitrogens with zero attached hydrogens (tertiary/aromatic N) is 7. The van der Waals surface area contributed by atoms with Gasteiger partial charge in [-0.15, -0.1) is 6.58 Å². The Balaban J connectivity index is 0.00000215. The van der Waals surface area contributed by atoms with E-state index in [4.69, 9.17) is 9.98 Å². The molecule has 0 aliphatic carbocycles. The minimum absolute atomic E-state index is 0.123. The third-order valence-electron chi connectivity index (χ3n) is 10.7. The summed E-state index contributed by atoms with van der Waals surface area (Å²) in [6, 6.07) is 21.4. The zero-order valence-corrected chi connectivity index (χ0v) is 41.4. The number of piperazine rings is 1. The Morgan fingerprint density at radius 1 is 0.908 bits per heavy atom. The summed E-state index contributed by atoms with van der Waals surface area (Å²) >= 11 is 0. The number of aliphatic imine (C=N–C) groups is 1. The van der Waals surface area contributed by atoms with Crippen molar-refractivity contribution in [2.45, 2.75) is 95.0 Å². The van der Waals surface area contributed by atoms with E-state index in [-0.39, 0.29) is 5.41 Å². The van der Waals surface area contributed by atoms with E-state index in [9.17, 15) is 0 Å². The van der Waals surface area contributed by atoms with Gasteiger partial charge in [0, 0.05) is 80.8 Å². The summed E-state index contributed by atoms with van der Waals surface area (Å²) < 4.78 is 0. The number of benzene rings is 2. The number of rotatable bonds is 20. The number of aromatic nitrogens is 3. The van der Waals surface area contributed by atoms with E-state index in [2.05, 4.69) is 170 Å². The van der Waals surface area contributed by atoms with E-state index in [1.54, 1.807) is 12.4 Å². The molecule has 1 fully saturated rings. The van der Waals surface area contributed by atoms with Crippen molar-refractivity contribution in [2.75, 3.05) is 60.9 Å². The van der Waals surface area contributed by atoms with E-state index in [0.717, 1.165) is 116 Å². The topological polar surface area (TPSA) is 96.8 Å². The van der Waals surface area contributed by atoms with Gasteiger partial charge in [-0.2, -0.15) is 0 Å². The maximum atomic E-state index is 4.76. The highest BCUT2D eigenvalue weighted by Crippen LogP contribution is 2.27. The normalized spacial score (nSPS) is 12.9. The van der Waals surface area contributed by atoms with Gasteiger partial charge in [0.05, 0.1) is 29.0 Å². The summed E-state index contributed by atoms with van der Waals surface area (Å²) in [4.78, 5) is 25.8. The molecule has 0 saturated carbocycles. The van der Waals surface area contributed by atoms with Gasteiger partial charge < -0.3 is 25.8 Å². The lowest BCUT2D eigenvalue weighted by Crippen LogP contribution is -2.47. The smallest absolute Gasteiger partial charge is 0.150 e. The summed E-state index contributed by atoms with van der Waals surface area (Å²) in [5.41, 5.74) is 13.2. The molecule has 1 aliphatic rings. The monoisotopic (exact) mass is 879 g/mol. The van der Waals surface area contributed by atoms with Crippen LogP contribution in [0.25, 0.3) is 11.3 Å². The molecule has 2 aromatic carbocycles. The standard InChI is InChI=1S/C50H64N10.C3H8.C2H6/c1-11-16-26-60(49(14-4)51-15-5)42-21-17-39(18-22-42)25-27-58-28-30-59(31-29-58)43-23-24-47(53-35-43)57-48-33-46(54-36-55-48)40-19-20-41(37(6)32-40)34-52-44(12-2)45(13-3)56-38(7)50(8,9)10;1-3-2;1-2/h11-13,17-24,32-33,35-36,51-52H,1,3-4,7,15-16,25-31,34H2,2,5-6,8-10H3,(H,53,54,55,57);3H2,1-2H3;1-2H3/b44-12+,56-45?;;. The van der Waals surface area contributed by atoms with Gasteiger partial charge >= 0.3 is 0 Å². The van der Waals surface area contributed by atoms with Gasteiger partial charge in [0.15, 0.2) is 5.82 Å². The van der Waals surface area contributed by atoms with Crippen LogP contribution in [0, 0.1) is 12.3 Å². The molecule has 0 bridgehead atoms. The highest BCUT2D eigenvalue weighted by Gasteiger charge is 2.19. The highest BCUT2D eigenvalue weighted by molar-refractivity contribution is 6.08. The van der Waals surface area contributed by atoms with Crippen molar-refractivity contribution in [3.05, 3.63) is 157 Å². The zero-order valence-electron chi connectivity index (χ0n) is 41.4. The lowest BCUT2D eigenvalue weighted by atomic mass is 9.93. The SMILES string of the molecule is C=C=C(NCC)N(CCC=C)c1ccc(CCN2CCN(c3ccc(Nc4cc(-c5ccc(CN/C(=C/C)C(C=C)=NC(=C)C(C)(C)C)c(C)c5)ncn4)nc3)CC2)cc1.CC.CCC. The predicted molar refractivity (Wildman–Crippen MR) is 281 cm³/mol. The Bertz CT molecular complexity index is 2200. The largest absolute Gasteiger partial charge is 0.379 e. The lowest BCUT2D eigenvalue weighted by Gasteiger charge is -2.36. The molecule has 1 aliphatic heterocycles. The predicted octanol–water partition coefficient (Wildman–Crippen LogP) is 12.2. The summed E-state index contributed by atoms with van der Waals surface area (Å²) in [5.74, 6) is 2.33. The fraction of sp³-hybridized carbons (Fsp3) is 0.400. The number of pyridine rings is 1. The fourth-order valence-electron chi connectivity index (χ4n) is 6.85. The second-order valence-electron chi connectivity index (χ2n) is 16.6. The van der Waals surface area contributed by atoms with Crippen LogP contribution < -0.4 is 25.8 Å². The van der Waals surface area contributed by atoms with Crippen molar-refractivity contribution in [3.8, 4) is 11.3 Å². The lowest BCUT2D eigenvalue weighted by molar-refractivity contribution is 0.261. The molecule has 1 saturated heterocycles. The van der Waals surface area contributed by atoms with Crippen LogP contribution in [-0.2, 0) is 13.0 Å². The molecule has 3 N–H and O–H groups in total.